The molecule has 0 saturated heterocycles. The van der Waals surface area contributed by atoms with Crippen molar-refractivity contribution in [2.75, 3.05) is 6.61 Å². The Morgan fingerprint density at radius 2 is 1.95 bits per heavy atom. The van der Waals surface area contributed by atoms with Crippen molar-refractivity contribution in [1.29, 1.82) is 0 Å². The molecule has 5 heteroatoms. The van der Waals surface area contributed by atoms with Crippen LogP contribution in [-0.2, 0) is 4.79 Å². The van der Waals surface area contributed by atoms with Gasteiger partial charge in [0.1, 0.15) is 29.7 Å². The van der Waals surface area contributed by atoms with Crippen LogP contribution in [0.1, 0.15) is 5.56 Å². The first-order valence-electron chi connectivity index (χ1n) is 6.75. The molecule has 1 heterocycles. The molecule has 22 heavy (non-hydrogen) atoms. The highest BCUT2D eigenvalue weighted by Gasteiger charge is 2.20. The SMILES string of the molecule is O=C1NC(COc2ccccc2)=N/C1=C/c1cccc(F)c1. The van der Waals surface area contributed by atoms with Gasteiger partial charge in [0.25, 0.3) is 5.91 Å². The van der Waals surface area contributed by atoms with Gasteiger partial charge in [-0.15, -0.1) is 0 Å². The zero-order chi connectivity index (χ0) is 15.4. The van der Waals surface area contributed by atoms with Gasteiger partial charge < -0.3 is 10.1 Å². The Morgan fingerprint density at radius 1 is 1.14 bits per heavy atom. The van der Waals surface area contributed by atoms with Crippen molar-refractivity contribution in [2.24, 2.45) is 4.99 Å². The molecule has 0 spiro atoms. The van der Waals surface area contributed by atoms with Crippen molar-refractivity contribution in [3.63, 3.8) is 0 Å². The minimum atomic E-state index is -0.357. The minimum Gasteiger partial charge on any atom is -0.486 e. The number of para-hydroxylation sites is 1. The molecule has 2 aromatic carbocycles. The van der Waals surface area contributed by atoms with E-state index in [2.05, 4.69) is 10.3 Å². The second-order valence-electron chi connectivity index (χ2n) is 4.70. The number of amidine groups is 1. The molecule has 0 atom stereocenters. The highest BCUT2D eigenvalue weighted by Crippen LogP contribution is 2.14. The fourth-order valence-corrected chi connectivity index (χ4v) is 2.01. The fraction of sp³-hybridized carbons (Fsp3) is 0.0588. The molecule has 0 radical (unpaired) electrons. The lowest BCUT2D eigenvalue weighted by molar-refractivity contribution is -0.115. The molecule has 1 aliphatic heterocycles. The summed E-state index contributed by atoms with van der Waals surface area (Å²) in [7, 11) is 0. The summed E-state index contributed by atoms with van der Waals surface area (Å²) < 4.78 is 18.7. The van der Waals surface area contributed by atoms with E-state index in [1.807, 2.05) is 30.3 Å². The van der Waals surface area contributed by atoms with Crippen LogP contribution in [0, 0.1) is 5.82 Å². The molecule has 0 aliphatic carbocycles. The van der Waals surface area contributed by atoms with Crippen LogP contribution in [0.25, 0.3) is 6.08 Å². The Labute approximate surface area is 127 Å². The molecule has 2 aromatic rings. The van der Waals surface area contributed by atoms with Crippen LogP contribution in [-0.4, -0.2) is 18.3 Å². The smallest absolute Gasteiger partial charge is 0.275 e. The van der Waals surface area contributed by atoms with Crippen molar-refractivity contribution in [3.8, 4) is 5.75 Å². The van der Waals surface area contributed by atoms with Gasteiger partial charge in [0, 0.05) is 0 Å². The van der Waals surface area contributed by atoms with Crippen molar-refractivity contribution < 1.29 is 13.9 Å². The maximum Gasteiger partial charge on any atom is 0.275 e. The van der Waals surface area contributed by atoms with Crippen molar-refractivity contribution in [1.82, 2.24) is 5.32 Å². The quantitative estimate of drug-likeness (QED) is 0.882. The van der Waals surface area contributed by atoms with Crippen molar-refractivity contribution >= 4 is 17.8 Å². The van der Waals surface area contributed by atoms with Crippen LogP contribution in [0.4, 0.5) is 4.39 Å². The Balaban J connectivity index is 1.71. The van der Waals surface area contributed by atoms with Crippen molar-refractivity contribution in [3.05, 3.63) is 71.7 Å². The summed E-state index contributed by atoms with van der Waals surface area (Å²) in [5.41, 5.74) is 0.816. The number of halogens is 1. The number of carbonyl (C=O) groups excluding carboxylic acids is 1. The van der Waals surface area contributed by atoms with Gasteiger partial charge in [-0.3, -0.25) is 4.79 Å². The molecule has 1 N–H and O–H groups in total. The van der Waals surface area contributed by atoms with E-state index in [0.29, 0.717) is 17.1 Å². The van der Waals surface area contributed by atoms with Gasteiger partial charge in [-0.05, 0) is 35.9 Å². The van der Waals surface area contributed by atoms with Crippen LogP contribution in [0.2, 0.25) is 0 Å². The summed E-state index contributed by atoms with van der Waals surface area (Å²) in [5.74, 6) is 0.443. The molecule has 1 amide bonds. The predicted molar refractivity (Wildman–Crippen MR) is 81.9 cm³/mol. The lowest BCUT2D eigenvalue weighted by atomic mass is 10.2. The summed E-state index contributed by atoms with van der Waals surface area (Å²) in [6, 6.07) is 15.2. The molecule has 0 unspecified atom stereocenters. The van der Waals surface area contributed by atoms with E-state index in [4.69, 9.17) is 4.74 Å². The molecular formula is C17H13FN2O2. The van der Waals surface area contributed by atoms with Gasteiger partial charge in [-0.25, -0.2) is 9.38 Å². The molecule has 3 rings (SSSR count). The van der Waals surface area contributed by atoms with Crippen LogP contribution in [0.5, 0.6) is 5.75 Å². The monoisotopic (exact) mass is 296 g/mol. The number of amides is 1. The number of hydrogen-bond donors (Lipinski definition) is 1. The van der Waals surface area contributed by atoms with Crippen molar-refractivity contribution in [2.45, 2.75) is 0 Å². The molecule has 0 bridgehead atoms. The first-order chi connectivity index (χ1) is 10.7. The molecule has 0 saturated carbocycles. The van der Waals surface area contributed by atoms with E-state index in [1.54, 1.807) is 12.1 Å². The molecule has 0 aromatic heterocycles. The number of carbonyl (C=O) groups is 1. The maximum atomic E-state index is 13.1. The second kappa shape index (κ2) is 6.22. The fourth-order valence-electron chi connectivity index (χ4n) is 2.01. The zero-order valence-electron chi connectivity index (χ0n) is 11.6. The lowest BCUT2D eigenvalue weighted by Crippen LogP contribution is -2.28. The number of benzene rings is 2. The first-order valence-corrected chi connectivity index (χ1v) is 6.75. The van der Waals surface area contributed by atoms with Gasteiger partial charge in [-0.2, -0.15) is 0 Å². The van der Waals surface area contributed by atoms with Crippen LogP contribution < -0.4 is 10.1 Å². The third kappa shape index (κ3) is 3.38. The molecule has 110 valence electrons. The summed E-state index contributed by atoms with van der Waals surface area (Å²) in [5, 5.41) is 2.63. The van der Waals surface area contributed by atoms with Crippen LogP contribution in [0.15, 0.2) is 65.3 Å². The summed E-state index contributed by atoms with van der Waals surface area (Å²) >= 11 is 0. The number of rotatable bonds is 4. The molecule has 4 nitrogen and oxygen atoms in total. The van der Waals surface area contributed by atoms with E-state index >= 15 is 0 Å². The largest absolute Gasteiger partial charge is 0.486 e. The Morgan fingerprint density at radius 3 is 2.73 bits per heavy atom. The average Bonchev–Trinajstić information content (AvgIpc) is 2.86. The van der Waals surface area contributed by atoms with Gasteiger partial charge in [0.05, 0.1) is 0 Å². The van der Waals surface area contributed by atoms with Gasteiger partial charge in [0.2, 0.25) is 0 Å². The van der Waals surface area contributed by atoms with E-state index < -0.39 is 0 Å². The number of nitrogens with zero attached hydrogens (tertiary/aromatic N) is 1. The van der Waals surface area contributed by atoms with Gasteiger partial charge in [0.15, 0.2) is 0 Å². The van der Waals surface area contributed by atoms with E-state index in [9.17, 15) is 9.18 Å². The highest BCUT2D eigenvalue weighted by molar-refractivity contribution is 6.14. The van der Waals surface area contributed by atoms with E-state index in [0.717, 1.165) is 0 Å². The van der Waals surface area contributed by atoms with Gasteiger partial charge >= 0.3 is 0 Å². The van der Waals surface area contributed by atoms with Crippen LogP contribution >= 0.6 is 0 Å². The van der Waals surface area contributed by atoms with E-state index in [1.165, 1.54) is 18.2 Å². The molecular weight excluding hydrogens is 283 g/mol. The molecule has 1 aliphatic rings. The normalized spacial score (nSPS) is 15.6. The minimum absolute atomic E-state index is 0.163. The zero-order valence-corrected chi connectivity index (χ0v) is 11.6. The average molecular weight is 296 g/mol. The summed E-state index contributed by atoms with van der Waals surface area (Å²) in [6.07, 6.45) is 1.54. The Hall–Kier alpha value is -2.95. The third-order valence-electron chi connectivity index (χ3n) is 3.02. The second-order valence-corrected chi connectivity index (χ2v) is 4.70. The predicted octanol–water partition coefficient (Wildman–Crippen LogP) is 2.77. The van der Waals surface area contributed by atoms with Crippen LogP contribution in [0.3, 0.4) is 0 Å². The molecule has 0 fully saturated rings. The summed E-state index contributed by atoms with van der Waals surface area (Å²) in [4.78, 5) is 16.0. The number of ether oxygens (including phenoxy) is 1. The third-order valence-corrected chi connectivity index (χ3v) is 3.02. The number of aliphatic imine (C=N–C) groups is 1. The van der Waals surface area contributed by atoms with E-state index in [-0.39, 0.29) is 24.0 Å². The lowest BCUT2D eigenvalue weighted by Gasteiger charge is -2.04. The summed E-state index contributed by atoms with van der Waals surface area (Å²) in [6.45, 7) is 0.163. The maximum absolute atomic E-state index is 13.1. The number of nitrogens with one attached hydrogen (secondary N) is 1. The topological polar surface area (TPSA) is 50.7 Å². The van der Waals surface area contributed by atoms with Gasteiger partial charge in [-0.1, -0.05) is 30.3 Å². The first kappa shape index (κ1) is 14.0. The number of hydrogen-bond acceptors (Lipinski definition) is 3. The standard InChI is InChI=1S/C17H13FN2O2/c18-13-6-4-5-12(9-13)10-15-17(21)20-16(19-15)11-22-14-7-2-1-3-8-14/h1-10H,11H2,(H,19,20,21)/b15-10+. The Bertz CT molecular complexity index is 754. The highest BCUT2D eigenvalue weighted by atomic mass is 19.1. The Kier molecular flexibility index (Phi) is 3.96.